The summed E-state index contributed by atoms with van der Waals surface area (Å²) in [5.41, 5.74) is 1.39. The van der Waals surface area contributed by atoms with Gasteiger partial charge in [-0.05, 0) is 61.9 Å². The highest BCUT2D eigenvalue weighted by Gasteiger charge is 2.18. The number of hydrogen-bond acceptors (Lipinski definition) is 4. The van der Waals surface area contributed by atoms with Crippen LogP contribution in [0.4, 0.5) is 0 Å². The molecule has 0 spiro atoms. The first-order valence-electron chi connectivity index (χ1n) is 9.46. The predicted octanol–water partition coefficient (Wildman–Crippen LogP) is 3.61. The number of H-pyrrole nitrogens is 1. The van der Waals surface area contributed by atoms with Crippen LogP contribution < -0.4 is 10.3 Å². The summed E-state index contributed by atoms with van der Waals surface area (Å²) in [4.78, 5) is 29.9. The van der Waals surface area contributed by atoms with Crippen molar-refractivity contribution in [3.05, 3.63) is 75.0 Å². The van der Waals surface area contributed by atoms with Crippen molar-refractivity contribution in [2.24, 2.45) is 0 Å². The van der Waals surface area contributed by atoms with Crippen molar-refractivity contribution >= 4 is 28.4 Å². The maximum Gasteiger partial charge on any atom is 0.254 e. The van der Waals surface area contributed by atoms with Gasteiger partial charge in [-0.1, -0.05) is 11.6 Å². The first-order valence-corrected chi connectivity index (χ1v) is 9.84. The summed E-state index contributed by atoms with van der Waals surface area (Å²) in [7, 11) is 0. The molecule has 0 aliphatic carbocycles. The van der Waals surface area contributed by atoms with Crippen LogP contribution in [0.2, 0.25) is 5.02 Å². The number of amides is 1. The topological polar surface area (TPSA) is 82.6 Å². The van der Waals surface area contributed by atoms with Gasteiger partial charge in [0.1, 0.15) is 5.75 Å². The zero-order valence-electron chi connectivity index (χ0n) is 16.2. The molecule has 2 N–H and O–H groups in total. The van der Waals surface area contributed by atoms with Gasteiger partial charge in [-0.25, -0.2) is 0 Å². The zero-order valence-corrected chi connectivity index (χ0v) is 16.9. The quantitative estimate of drug-likeness (QED) is 0.590. The number of aromatic nitrogens is 1. The van der Waals surface area contributed by atoms with Gasteiger partial charge in [-0.3, -0.25) is 9.59 Å². The summed E-state index contributed by atoms with van der Waals surface area (Å²) in [6, 6.07) is 13.8. The SMILES string of the molecule is CCOc1ccc2[nH]c(=O)c(CN(CCCO)C(=O)c3ccc(Cl)cc3)cc2c1. The normalized spacial score (nSPS) is 10.9. The van der Waals surface area contributed by atoms with Crippen LogP contribution in [0.1, 0.15) is 29.3 Å². The minimum absolute atomic E-state index is 0.0454. The Hall–Kier alpha value is -2.83. The van der Waals surface area contributed by atoms with Crippen molar-refractivity contribution < 1.29 is 14.6 Å². The largest absolute Gasteiger partial charge is 0.494 e. The second-order valence-electron chi connectivity index (χ2n) is 6.62. The predicted molar refractivity (Wildman–Crippen MR) is 114 cm³/mol. The van der Waals surface area contributed by atoms with Crippen LogP contribution in [0.3, 0.4) is 0 Å². The highest BCUT2D eigenvalue weighted by molar-refractivity contribution is 6.30. The van der Waals surface area contributed by atoms with E-state index < -0.39 is 0 Å². The second-order valence-corrected chi connectivity index (χ2v) is 7.05. The average Bonchev–Trinajstić information content (AvgIpc) is 2.72. The number of carbonyl (C=O) groups excluding carboxylic acids is 1. The summed E-state index contributed by atoms with van der Waals surface area (Å²) in [5, 5.41) is 10.6. The third kappa shape index (κ3) is 5.16. The number of carbonyl (C=O) groups is 1. The molecule has 2 aromatic carbocycles. The van der Waals surface area contributed by atoms with Crippen molar-refractivity contribution in [1.29, 1.82) is 0 Å². The lowest BCUT2D eigenvalue weighted by molar-refractivity contribution is 0.0731. The summed E-state index contributed by atoms with van der Waals surface area (Å²) < 4.78 is 5.53. The number of halogens is 1. The maximum atomic E-state index is 12.9. The van der Waals surface area contributed by atoms with Crippen LogP contribution in [-0.2, 0) is 6.54 Å². The lowest BCUT2D eigenvalue weighted by Crippen LogP contribution is -2.34. The second kappa shape index (κ2) is 9.58. The summed E-state index contributed by atoms with van der Waals surface area (Å²) in [6.07, 6.45) is 0.416. The van der Waals surface area contributed by atoms with Crippen LogP contribution in [0.5, 0.6) is 5.75 Å². The van der Waals surface area contributed by atoms with Gasteiger partial charge in [0.25, 0.3) is 11.5 Å². The fourth-order valence-electron chi connectivity index (χ4n) is 3.10. The smallest absolute Gasteiger partial charge is 0.254 e. The molecule has 3 aromatic rings. The number of hydrogen-bond donors (Lipinski definition) is 2. The zero-order chi connectivity index (χ0) is 20.8. The van der Waals surface area contributed by atoms with Gasteiger partial charge in [0.15, 0.2) is 0 Å². The molecule has 3 rings (SSSR count). The van der Waals surface area contributed by atoms with Gasteiger partial charge >= 0.3 is 0 Å². The third-order valence-electron chi connectivity index (χ3n) is 4.53. The Labute approximate surface area is 173 Å². The molecule has 7 heteroatoms. The van der Waals surface area contributed by atoms with Crippen LogP contribution >= 0.6 is 11.6 Å². The molecule has 6 nitrogen and oxygen atoms in total. The Morgan fingerprint density at radius 1 is 1.17 bits per heavy atom. The van der Waals surface area contributed by atoms with Gasteiger partial charge in [0, 0.05) is 40.2 Å². The van der Waals surface area contributed by atoms with E-state index in [0.29, 0.717) is 47.0 Å². The molecule has 0 saturated heterocycles. The number of pyridine rings is 1. The minimum atomic E-state index is -0.250. The minimum Gasteiger partial charge on any atom is -0.494 e. The van der Waals surface area contributed by atoms with Crippen molar-refractivity contribution in [3.63, 3.8) is 0 Å². The molecule has 0 saturated carbocycles. The molecule has 1 heterocycles. The van der Waals surface area contributed by atoms with Gasteiger partial charge in [0.05, 0.1) is 13.2 Å². The third-order valence-corrected chi connectivity index (χ3v) is 4.78. The fourth-order valence-corrected chi connectivity index (χ4v) is 3.22. The molecule has 1 aromatic heterocycles. The highest BCUT2D eigenvalue weighted by Crippen LogP contribution is 2.20. The monoisotopic (exact) mass is 414 g/mol. The molecule has 0 aliphatic heterocycles. The molecule has 0 atom stereocenters. The molecule has 0 radical (unpaired) electrons. The lowest BCUT2D eigenvalue weighted by atomic mass is 10.1. The first-order chi connectivity index (χ1) is 14.0. The molecule has 29 heavy (non-hydrogen) atoms. The number of aliphatic hydroxyl groups is 1. The fraction of sp³-hybridized carbons (Fsp3) is 0.273. The standard InChI is InChI=1S/C22H23ClN2O4/c1-2-29-19-8-9-20-16(13-19)12-17(21(27)24-20)14-25(10-3-11-26)22(28)15-4-6-18(23)7-5-15/h4-9,12-13,26H,2-3,10-11,14H2,1H3,(H,24,27). The van der Waals surface area contributed by atoms with E-state index in [1.54, 1.807) is 47.4 Å². The van der Waals surface area contributed by atoms with Gasteiger partial charge in [-0.2, -0.15) is 0 Å². The summed E-state index contributed by atoms with van der Waals surface area (Å²) in [5.74, 6) is 0.491. The number of nitrogens with zero attached hydrogens (tertiary/aromatic N) is 1. The van der Waals surface area contributed by atoms with Crippen molar-refractivity contribution in [2.45, 2.75) is 19.9 Å². The van der Waals surface area contributed by atoms with Crippen molar-refractivity contribution in [1.82, 2.24) is 9.88 Å². The molecule has 1 amide bonds. The first kappa shape index (κ1) is 20.9. The number of rotatable bonds is 8. The molecule has 0 aliphatic rings. The van der Waals surface area contributed by atoms with E-state index in [9.17, 15) is 14.7 Å². The number of aromatic amines is 1. The lowest BCUT2D eigenvalue weighted by Gasteiger charge is -2.22. The number of benzene rings is 2. The Kier molecular flexibility index (Phi) is 6.90. The Morgan fingerprint density at radius 2 is 1.93 bits per heavy atom. The van der Waals surface area contributed by atoms with Crippen molar-refractivity contribution in [3.8, 4) is 5.75 Å². The molecule has 152 valence electrons. The van der Waals surface area contributed by atoms with Gasteiger partial charge in [0.2, 0.25) is 0 Å². The van der Waals surface area contributed by atoms with Gasteiger partial charge < -0.3 is 19.7 Å². The molecule has 0 fully saturated rings. The Bertz CT molecular complexity index is 1050. The maximum absolute atomic E-state index is 12.9. The van der Waals surface area contributed by atoms with Crippen LogP contribution in [0.15, 0.2) is 53.3 Å². The molecule has 0 unspecified atom stereocenters. The highest BCUT2D eigenvalue weighted by atomic mass is 35.5. The molecule has 0 bridgehead atoms. The van der Waals surface area contributed by atoms with E-state index in [4.69, 9.17) is 16.3 Å². The van der Waals surface area contributed by atoms with Crippen molar-refractivity contribution in [2.75, 3.05) is 19.8 Å². The number of ether oxygens (including phenoxy) is 1. The molecular formula is C22H23ClN2O4. The number of aliphatic hydroxyl groups excluding tert-OH is 1. The van der Waals surface area contributed by atoms with E-state index in [0.717, 1.165) is 5.39 Å². The van der Waals surface area contributed by atoms with E-state index in [-0.39, 0.29) is 24.6 Å². The van der Waals surface area contributed by atoms with Crippen LogP contribution in [-0.4, -0.2) is 40.7 Å². The van der Waals surface area contributed by atoms with E-state index >= 15 is 0 Å². The van der Waals surface area contributed by atoms with Crippen LogP contribution in [0.25, 0.3) is 10.9 Å². The van der Waals surface area contributed by atoms with E-state index in [2.05, 4.69) is 4.98 Å². The summed E-state index contributed by atoms with van der Waals surface area (Å²) in [6.45, 7) is 2.87. The van der Waals surface area contributed by atoms with Crippen LogP contribution in [0, 0.1) is 0 Å². The number of nitrogens with one attached hydrogen (secondary N) is 1. The van der Waals surface area contributed by atoms with Gasteiger partial charge in [-0.15, -0.1) is 0 Å². The Balaban J connectivity index is 1.92. The number of fused-ring (bicyclic) bond motifs is 1. The Morgan fingerprint density at radius 3 is 2.62 bits per heavy atom. The summed E-state index contributed by atoms with van der Waals surface area (Å²) >= 11 is 5.91. The average molecular weight is 415 g/mol. The van der Waals surface area contributed by atoms with E-state index in [1.807, 2.05) is 13.0 Å². The van der Waals surface area contributed by atoms with E-state index in [1.165, 1.54) is 0 Å². The molecular weight excluding hydrogens is 392 g/mol.